The van der Waals surface area contributed by atoms with Crippen molar-refractivity contribution < 1.29 is 0 Å². The van der Waals surface area contributed by atoms with E-state index in [4.69, 9.17) is 0 Å². The van der Waals surface area contributed by atoms with Gasteiger partial charge in [-0.3, -0.25) is 0 Å². The van der Waals surface area contributed by atoms with Crippen molar-refractivity contribution in [2.75, 3.05) is 17.2 Å². The number of rotatable bonds is 6. The first kappa shape index (κ1) is 13.6. The van der Waals surface area contributed by atoms with Gasteiger partial charge in [-0.25, -0.2) is 4.98 Å². The minimum absolute atomic E-state index is 0.487. The largest absolute Gasteiger partial charge is 0.367 e. The fourth-order valence-corrected chi connectivity index (χ4v) is 3.32. The van der Waals surface area contributed by atoms with Crippen LogP contribution in [0.5, 0.6) is 0 Å². The Kier molecular flexibility index (Phi) is 4.05. The molecule has 0 saturated heterocycles. The second-order valence-corrected chi connectivity index (χ2v) is 6.48. The van der Waals surface area contributed by atoms with E-state index in [1.807, 2.05) is 0 Å². The normalized spacial score (nSPS) is 16.9. The molecule has 20 heavy (non-hydrogen) atoms. The van der Waals surface area contributed by atoms with Crippen LogP contribution in [0.2, 0.25) is 0 Å². The number of aromatic nitrogens is 2. The van der Waals surface area contributed by atoms with E-state index >= 15 is 0 Å². The second-order valence-electron chi connectivity index (χ2n) is 5.59. The molecule has 2 aromatic rings. The van der Waals surface area contributed by atoms with Crippen molar-refractivity contribution in [1.29, 1.82) is 0 Å². The molecule has 1 atom stereocenters. The molecule has 4 nitrogen and oxygen atoms in total. The Morgan fingerprint density at radius 2 is 2.25 bits per heavy atom. The second kappa shape index (κ2) is 5.95. The van der Waals surface area contributed by atoms with Gasteiger partial charge < -0.3 is 10.6 Å². The van der Waals surface area contributed by atoms with E-state index in [0.29, 0.717) is 6.04 Å². The molecule has 0 bridgehead atoms. The predicted molar refractivity (Wildman–Crippen MR) is 86.6 cm³/mol. The molecule has 0 radical (unpaired) electrons. The van der Waals surface area contributed by atoms with Crippen LogP contribution >= 0.6 is 11.3 Å². The van der Waals surface area contributed by atoms with Gasteiger partial charge in [-0.1, -0.05) is 13.3 Å². The van der Waals surface area contributed by atoms with Crippen molar-refractivity contribution in [3.63, 3.8) is 0 Å². The van der Waals surface area contributed by atoms with Crippen LogP contribution in [0.4, 0.5) is 11.8 Å². The van der Waals surface area contributed by atoms with Gasteiger partial charge in [0.25, 0.3) is 0 Å². The summed E-state index contributed by atoms with van der Waals surface area (Å²) in [7, 11) is 0. The van der Waals surface area contributed by atoms with Crippen LogP contribution in [0.25, 0.3) is 10.2 Å². The van der Waals surface area contributed by atoms with E-state index in [9.17, 15) is 0 Å². The molecular formula is C15H22N4S. The van der Waals surface area contributed by atoms with Crippen LogP contribution in [0.1, 0.15) is 39.5 Å². The number of thiophene rings is 1. The summed E-state index contributed by atoms with van der Waals surface area (Å²) in [5, 5.41) is 10.1. The molecule has 1 aliphatic carbocycles. The molecule has 2 aromatic heterocycles. The van der Waals surface area contributed by atoms with Crippen molar-refractivity contribution in [2.24, 2.45) is 5.92 Å². The molecule has 2 N–H and O–H groups in total. The summed E-state index contributed by atoms with van der Waals surface area (Å²) >= 11 is 1.67. The van der Waals surface area contributed by atoms with Crippen LogP contribution < -0.4 is 10.6 Å². The molecular weight excluding hydrogens is 268 g/mol. The lowest BCUT2D eigenvalue weighted by atomic mass is 9.80. The van der Waals surface area contributed by atoms with Crippen molar-refractivity contribution in [1.82, 2.24) is 9.97 Å². The molecule has 0 amide bonds. The summed E-state index contributed by atoms with van der Waals surface area (Å²) in [6.45, 7) is 5.33. The fraction of sp³-hybridized carbons (Fsp3) is 0.600. The molecule has 108 valence electrons. The minimum atomic E-state index is 0.487. The van der Waals surface area contributed by atoms with Gasteiger partial charge in [0.05, 0.1) is 5.39 Å². The molecule has 1 saturated carbocycles. The van der Waals surface area contributed by atoms with E-state index in [1.165, 1.54) is 19.3 Å². The highest BCUT2D eigenvalue weighted by Crippen LogP contribution is 2.33. The average Bonchev–Trinajstić information content (AvgIpc) is 2.82. The zero-order valence-electron chi connectivity index (χ0n) is 12.1. The Labute approximate surface area is 124 Å². The predicted octanol–water partition coefficient (Wildman–Crippen LogP) is 4.11. The number of fused-ring (bicyclic) bond motifs is 1. The first-order valence-corrected chi connectivity index (χ1v) is 8.41. The van der Waals surface area contributed by atoms with E-state index in [0.717, 1.165) is 40.9 Å². The Hall–Kier alpha value is -1.36. The van der Waals surface area contributed by atoms with E-state index in [-0.39, 0.29) is 0 Å². The third kappa shape index (κ3) is 2.73. The summed E-state index contributed by atoms with van der Waals surface area (Å²) in [5.41, 5.74) is 0. The number of nitrogens with one attached hydrogen (secondary N) is 2. The molecule has 1 fully saturated rings. The van der Waals surface area contributed by atoms with Gasteiger partial charge in [-0.15, -0.1) is 11.3 Å². The van der Waals surface area contributed by atoms with Gasteiger partial charge in [-0.2, -0.15) is 4.98 Å². The minimum Gasteiger partial charge on any atom is -0.367 e. The zero-order valence-corrected chi connectivity index (χ0v) is 13.0. The van der Waals surface area contributed by atoms with Crippen molar-refractivity contribution in [3.05, 3.63) is 11.4 Å². The first-order valence-electron chi connectivity index (χ1n) is 7.53. The average molecular weight is 290 g/mol. The number of anilines is 2. The molecule has 5 heteroatoms. The summed E-state index contributed by atoms with van der Waals surface area (Å²) in [5.74, 6) is 2.52. The zero-order chi connectivity index (χ0) is 13.9. The van der Waals surface area contributed by atoms with Crippen molar-refractivity contribution in [2.45, 2.75) is 45.6 Å². The van der Waals surface area contributed by atoms with E-state index < -0.39 is 0 Å². The third-order valence-corrected chi connectivity index (χ3v) is 4.89. The monoisotopic (exact) mass is 290 g/mol. The Morgan fingerprint density at radius 3 is 2.95 bits per heavy atom. The van der Waals surface area contributed by atoms with Gasteiger partial charge in [0.15, 0.2) is 0 Å². The van der Waals surface area contributed by atoms with Crippen LogP contribution in [-0.2, 0) is 0 Å². The Morgan fingerprint density at radius 1 is 1.40 bits per heavy atom. The van der Waals surface area contributed by atoms with Crippen LogP contribution in [0.3, 0.4) is 0 Å². The Balaban J connectivity index is 1.84. The Bertz CT molecular complexity index is 576. The lowest BCUT2D eigenvalue weighted by Gasteiger charge is -2.32. The van der Waals surface area contributed by atoms with Gasteiger partial charge in [0, 0.05) is 12.6 Å². The molecule has 0 aromatic carbocycles. The number of hydrogen-bond donors (Lipinski definition) is 2. The summed E-state index contributed by atoms with van der Waals surface area (Å²) < 4.78 is 0. The summed E-state index contributed by atoms with van der Waals surface area (Å²) in [6.07, 6.45) is 5.13. The van der Waals surface area contributed by atoms with E-state index in [2.05, 4.69) is 45.9 Å². The summed E-state index contributed by atoms with van der Waals surface area (Å²) in [4.78, 5) is 10.3. The number of nitrogens with zero attached hydrogens (tertiary/aromatic N) is 2. The topological polar surface area (TPSA) is 49.8 Å². The van der Waals surface area contributed by atoms with Gasteiger partial charge >= 0.3 is 0 Å². The van der Waals surface area contributed by atoms with Crippen LogP contribution in [0, 0.1) is 5.92 Å². The SMILES string of the molecule is CCCNc1nc(NC(C)C2CCC2)c2ccsc2n1. The van der Waals surface area contributed by atoms with Crippen LogP contribution in [-0.4, -0.2) is 22.6 Å². The highest BCUT2D eigenvalue weighted by Gasteiger charge is 2.24. The van der Waals surface area contributed by atoms with E-state index in [1.54, 1.807) is 11.3 Å². The molecule has 2 heterocycles. The maximum Gasteiger partial charge on any atom is 0.226 e. The molecule has 1 aliphatic rings. The molecule has 0 spiro atoms. The third-order valence-electron chi connectivity index (χ3n) is 4.08. The van der Waals surface area contributed by atoms with Gasteiger partial charge in [-0.05, 0) is 43.6 Å². The highest BCUT2D eigenvalue weighted by molar-refractivity contribution is 7.16. The maximum atomic E-state index is 4.66. The molecule has 3 rings (SSSR count). The quantitative estimate of drug-likeness (QED) is 0.840. The first-order chi connectivity index (χ1) is 9.78. The highest BCUT2D eigenvalue weighted by atomic mass is 32.1. The fourth-order valence-electron chi connectivity index (χ4n) is 2.55. The van der Waals surface area contributed by atoms with Crippen LogP contribution in [0.15, 0.2) is 11.4 Å². The smallest absolute Gasteiger partial charge is 0.226 e. The summed E-state index contributed by atoms with van der Waals surface area (Å²) in [6, 6.07) is 2.60. The lowest BCUT2D eigenvalue weighted by molar-refractivity contribution is 0.285. The van der Waals surface area contributed by atoms with Gasteiger partial charge in [0.1, 0.15) is 10.6 Å². The van der Waals surface area contributed by atoms with Gasteiger partial charge in [0.2, 0.25) is 5.95 Å². The molecule has 1 unspecified atom stereocenters. The van der Waals surface area contributed by atoms with Crippen molar-refractivity contribution >= 4 is 33.3 Å². The maximum absolute atomic E-state index is 4.66. The van der Waals surface area contributed by atoms with Crippen molar-refractivity contribution in [3.8, 4) is 0 Å². The lowest BCUT2D eigenvalue weighted by Crippen LogP contribution is -2.31. The molecule has 0 aliphatic heterocycles. The standard InChI is InChI=1S/C15H22N4S/c1-3-8-16-15-18-13(12-7-9-20-14(12)19-15)17-10(2)11-5-4-6-11/h7,9-11H,3-6,8H2,1-2H3,(H2,16,17,18,19). The number of hydrogen-bond acceptors (Lipinski definition) is 5.